The molecule has 3 heterocycles. The lowest BCUT2D eigenvalue weighted by molar-refractivity contribution is -0.137. The van der Waals surface area contributed by atoms with E-state index < -0.39 is 23.4 Å². The van der Waals surface area contributed by atoms with Crippen LogP contribution in [0.3, 0.4) is 0 Å². The van der Waals surface area contributed by atoms with E-state index in [1.165, 1.54) is 24.4 Å². The smallest absolute Gasteiger partial charge is 0.322 e. The summed E-state index contributed by atoms with van der Waals surface area (Å²) in [6.45, 7) is 0. The van der Waals surface area contributed by atoms with Gasteiger partial charge in [-0.15, -0.1) is 0 Å². The molecule has 0 spiro atoms. The number of nitrogens with zero attached hydrogens (tertiary/aromatic N) is 4. The molecule has 32 heavy (non-hydrogen) atoms. The number of aromatic amines is 1. The minimum atomic E-state index is -4.62. The number of halogens is 5. The average molecular weight is 442 g/mol. The van der Waals surface area contributed by atoms with Gasteiger partial charge in [-0.1, -0.05) is 18.2 Å². The first-order chi connectivity index (χ1) is 15.3. The van der Waals surface area contributed by atoms with Gasteiger partial charge in [0.2, 0.25) is 0 Å². The standard InChI is InChI=1S/C21H11F5N6/c22-10-8-13-16(15(23)9-10)31-32-20(13)30-19-12-5-3-7-27-17(12)28-18(29-19)11-4-1-2-6-14(11)21(24,25)26/h1-9H,(H2,27,28,29,30,31,32). The number of fused-ring (bicyclic) bond motifs is 2. The number of alkyl halides is 3. The fourth-order valence-corrected chi connectivity index (χ4v) is 3.36. The van der Waals surface area contributed by atoms with Crippen LogP contribution in [-0.2, 0) is 6.18 Å². The Morgan fingerprint density at radius 1 is 0.875 bits per heavy atom. The van der Waals surface area contributed by atoms with Crippen LogP contribution in [0.4, 0.5) is 33.6 Å². The number of hydrogen-bond donors (Lipinski definition) is 2. The van der Waals surface area contributed by atoms with Crippen LogP contribution in [-0.4, -0.2) is 25.1 Å². The Balaban J connectivity index is 1.70. The first kappa shape index (κ1) is 19.8. The van der Waals surface area contributed by atoms with Crippen LogP contribution in [0.25, 0.3) is 33.3 Å². The van der Waals surface area contributed by atoms with Crippen molar-refractivity contribution in [3.63, 3.8) is 0 Å². The van der Waals surface area contributed by atoms with Gasteiger partial charge in [0.15, 0.2) is 23.1 Å². The zero-order chi connectivity index (χ0) is 22.5. The van der Waals surface area contributed by atoms with E-state index in [1.54, 1.807) is 12.1 Å². The van der Waals surface area contributed by atoms with Crippen LogP contribution in [0.1, 0.15) is 5.56 Å². The minimum Gasteiger partial charge on any atom is -0.322 e. The zero-order valence-electron chi connectivity index (χ0n) is 15.9. The topological polar surface area (TPSA) is 79.4 Å². The molecular weight excluding hydrogens is 431 g/mol. The highest BCUT2D eigenvalue weighted by Gasteiger charge is 2.34. The predicted molar refractivity (Wildman–Crippen MR) is 107 cm³/mol. The maximum Gasteiger partial charge on any atom is 0.417 e. The van der Waals surface area contributed by atoms with Crippen LogP contribution in [0.5, 0.6) is 0 Å². The Morgan fingerprint density at radius 3 is 2.50 bits per heavy atom. The Bertz CT molecular complexity index is 1480. The summed E-state index contributed by atoms with van der Waals surface area (Å²) in [6, 6.07) is 9.89. The summed E-state index contributed by atoms with van der Waals surface area (Å²) in [5.74, 6) is -1.75. The highest BCUT2D eigenvalue weighted by atomic mass is 19.4. The highest BCUT2D eigenvalue weighted by molar-refractivity contribution is 5.96. The first-order valence-corrected chi connectivity index (χ1v) is 9.21. The van der Waals surface area contributed by atoms with E-state index in [-0.39, 0.29) is 39.6 Å². The van der Waals surface area contributed by atoms with E-state index in [9.17, 15) is 22.0 Å². The normalized spacial score (nSPS) is 11.9. The van der Waals surface area contributed by atoms with Crippen LogP contribution in [0.15, 0.2) is 54.7 Å². The molecule has 0 aliphatic carbocycles. The third-order valence-corrected chi connectivity index (χ3v) is 4.77. The summed E-state index contributed by atoms with van der Waals surface area (Å²) in [4.78, 5) is 12.6. The van der Waals surface area contributed by atoms with Crippen molar-refractivity contribution < 1.29 is 22.0 Å². The molecular formula is C21H11F5N6. The number of anilines is 2. The fourth-order valence-electron chi connectivity index (χ4n) is 3.36. The molecule has 0 saturated heterocycles. The van der Waals surface area contributed by atoms with E-state index >= 15 is 0 Å². The molecule has 160 valence electrons. The predicted octanol–water partition coefficient (Wildman–Crippen LogP) is 5.61. The summed E-state index contributed by atoms with van der Waals surface area (Å²) < 4.78 is 68.3. The van der Waals surface area contributed by atoms with E-state index in [0.29, 0.717) is 11.5 Å². The van der Waals surface area contributed by atoms with Crippen molar-refractivity contribution in [1.29, 1.82) is 0 Å². The van der Waals surface area contributed by atoms with Crippen LogP contribution < -0.4 is 5.32 Å². The number of hydrogen-bond acceptors (Lipinski definition) is 5. The summed E-state index contributed by atoms with van der Waals surface area (Å²) in [6.07, 6.45) is -3.19. The lowest BCUT2D eigenvalue weighted by Crippen LogP contribution is -2.09. The van der Waals surface area contributed by atoms with Crippen molar-refractivity contribution in [2.24, 2.45) is 0 Å². The Kier molecular flexibility index (Phi) is 4.47. The summed E-state index contributed by atoms with van der Waals surface area (Å²) in [7, 11) is 0. The molecule has 6 nitrogen and oxygen atoms in total. The fraction of sp³-hybridized carbons (Fsp3) is 0.0476. The Morgan fingerprint density at radius 2 is 1.69 bits per heavy atom. The SMILES string of the molecule is Fc1cc(F)c2[nH]nc(Nc3nc(-c4ccccc4C(F)(F)F)nc4ncccc34)c2c1. The molecule has 0 unspecified atom stereocenters. The molecule has 0 aliphatic heterocycles. The number of aromatic nitrogens is 5. The van der Waals surface area contributed by atoms with Gasteiger partial charge in [0.25, 0.3) is 0 Å². The maximum absolute atomic E-state index is 14.0. The number of rotatable bonds is 3. The second kappa shape index (κ2) is 7.22. The number of H-pyrrole nitrogens is 1. The van der Waals surface area contributed by atoms with Gasteiger partial charge in [-0.05, 0) is 24.3 Å². The highest BCUT2D eigenvalue weighted by Crippen LogP contribution is 2.37. The molecule has 0 atom stereocenters. The second-order valence-electron chi connectivity index (χ2n) is 6.82. The molecule has 3 aromatic heterocycles. The Hall–Kier alpha value is -4.15. The van der Waals surface area contributed by atoms with E-state index in [2.05, 4.69) is 30.5 Å². The zero-order valence-corrected chi connectivity index (χ0v) is 15.9. The molecule has 0 aliphatic rings. The summed E-state index contributed by atoms with van der Waals surface area (Å²) in [5, 5.41) is 9.75. The van der Waals surface area contributed by atoms with Gasteiger partial charge in [-0.2, -0.15) is 18.3 Å². The molecule has 5 rings (SSSR count). The van der Waals surface area contributed by atoms with Crippen LogP contribution in [0, 0.1) is 11.6 Å². The van der Waals surface area contributed by atoms with E-state index in [4.69, 9.17) is 0 Å². The third-order valence-electron chi connectivity index (χ3n) is 4.77. The van der Waals surface area contributed by atoms with E-state index in [1.807, 2.05) is 0 Å². The minimum absolute atomic E-state index is 0.0342. The first-order valence-electron chi connectivity index (χ1n) is 9.21. The quantitative estimate of drug-likeness (QED) is 0.355. The summed E-state index contributed by atoms with van der Waals surface area (Å²) >= 11 is 0. The molecule has 0 amide bonds. The molecule has 0 radical (unpaired) electrons. The van der Waals surface area contributed by atoms with Gasteiger partial charge in [0.1, 0.15) is 17.2 Å². The van der Waals surface area contributed by atoms with Gasteiger partial charge in [-0.25, -0.2) is 23.7 Å². The Labute approximate surface area is 176 Å². The van der Waals surface area contributed by atoms with E-state index in [0.717, 1.165) is 12.1 Å². The lowest BCUT2D eigenvalue weighted by atomic mass is 10.1. The number of benzene rings is 2. The van der Waals surface area contributed by atoms with Crippen molar-refractivity contribution >= 4 is 33.6 Å². The van der Waals surface area contributed by atoms with Gasteiger partial charge in [0.05, 0.1) is 16.3 Å². The van der Waals surface area contributed by atoms with Crippen molar-refractivity contribution in [1.82, 2.24) is 25.1 Å². The molecule has 5 aromatic rings. The molecule has 2 N–H and O–H groups in total. The maximum atomic E-state index is 14.0. The van der Waals surface area contributed by atoms with Gasteiger partial charge in [0, 0.05) is 17.8 Å². The molecule has 2 aromatic carbocycles. The molecule has 0 bridgehead atoms. The van der Waals surface area contributed by atoms with Crippen molar-refractivity contribution in [2.75, 3.05) is 5.32 Å². The van der Waals surface area contributed by atoms with Crippen molar-refractivity contribution in [2.45, 2.75) is 6.18 Å². The largest absolute Gasteiger partial charge is 0.417 e. The van der Waals surface area contributed by atoms with Gasteiger partial charge >= 0.3 is 6.18 Å². The monoisotopic (exact) mass is 442 g/mol. The lowest BCUT2D eigenvalue weighted by Gasteiger charge is -2.13. The van der Waals surface area contributed by atoms with Gasteiger partial charge in [-0.3, -0.25) is 5.10 Å². The number of pyridine rings is 1. The molecule has 0 saturated carbocycles. The third kappa shape index (κ3) is 3.37. The van der Waals surface area contributed by atoms with Crippen LogP contribution >= 0.6 is 0 Å². The van der Waals surface area contributed by atoms with Gasteiger partial charge < -0.3 is 5.32 Å². The second-order valence-corrected chi connectivity index (χ2v) is 6.82. The molecule has 0 fully saturated rings. The number of nitrogens with one attached hydrogen (secondary N) is 2. The average Bonchev–Trinajstić information content (AvgIpc) is 3.16. The summed E-state index contributed by atoms with van der Waals surface area (Å²) in [5.41, 5.74) is -1.04. The molecule has 11 heteroatoms. The van der Waals surface area contributed by atoms with Crippen molar-refractivity contribution in [3.05, 3.63) is 71.9 Å². The van der Waals surface area contributed by atoms with Crippen LogP contribution in [0.2, 0.25) is 0 Å². The van der Waals surface area contributed by atoms with Crippen molar-refractivity contribution in [3.8, 4) is 11.4 Å².